The van der Waals surface area contributed by atoms with Crippen molar-refractivity contribution in [2.24, 2.45) is 5.92 Å². The average molecular weight is 251 g/mol. The van der Waals surface area contributed by atoms with Gasteiger partial charge in [0, 0.05) is 21.1 Å². The summed E-state index contributed by atoms with van der Waals surface area (Å²) in [6, 6.07) is 0. The fraction of sp³-hybridized carbons (Fsp3) is 0.600. The van der Waals surface area contributed by atoms with Gasteiger partial charge >= 0.3 is 0 Å². The minimum absolute atomic E-state index is 0. The Hall–Kier alpha value is 0.248. The first-order valence-corrected chi connectivity index (χ1v) is 1.69. The van der Waals surface area contributed by atoms with E-state index in [-0.39, 0.29) is 21.1 Å². The SMILES string of the molecule is [C-]#CC(C)C.[W]. The average Bonchev–Trinajstić information content (AvgIpc) is 1.38. The van der Waals surface area contributed by atoms with Crippen molar-refractivity contribution in [2.45, 2.75) is 13.8 Å². The molecule has 0 unspecified atom stereocenters. The zero-order valence-corrected chi connectivity index (χ0v) is 6.92. The van der Waals surface area contributed by atoms with Crippen molar-refractivity contribution >= 4 is 0 Å². The first-order valence-electron chi connectivity index (χ1n) is 1.69. The molecule has 1 heteroatoms. The van der Waals surface area contributed by atoms with Crippen LogP contribution in [-0.4, -0.2) is 0 Å². The third-order valence-electron chi connectivity index (χ3n) is 0.289. The molecule has 0 aliphatic heterocycles. The second kappa shape index (κ2) is 5.25. The molecule has 0 aromatic heterocycles. The van der Waals surface area contributed by atoms with Crippen molar-refractivity contribution in [1.82, 2.24) is 0 Å². The molecule has 0 amide bonds. The summed E-state index contributed by atoms with van der Waals surface area (Å²) in [7, 11) is 0. The summed E-state index contributed by atoms with van der Waals surface area (Å²) in [5.41, 5.74) is 0. The Bertz CT molecular complexity index is 49.4. The Balaban J connectivity index is 0. The van der Waals surface area contributed by atoms with Gasteiger partial charge < -0.3 is 12.3 Å². The van der Waals surface area contributed by atoms with Crippen molar-refractivity contribution in [3.8, 4) is 5.92 Å². The Labute approximate surface area is 53.6 Å². The standard InChI is InChI=1S/C5H7.W/c1-4-5(2)3;/h5H,2-3H3;/q-1;. The van der Waals surface area contributed by atoms with Gasteiger partial charge in [0.1, 0.15) is 0 Å². The third-order valence-corrected chi connectivity index (χ3v) is 0.289. The largest absolute Gasteiger partial charge is 0.693 e. The second-order valence-electron chi connectivity index (χ2n) is 1.30. The molecular formula is C5H7W-. The fourth-order valence-electron chi connectivity index (χ4n) is 0. The molecule has 0 radical (unpaired) electrons. The van der Waals surface area contributed by atoms with Gasteiger partial charge in [0.25, 0.3) is 0 Å². The molecule has 0 bridgehead atoms. The maximum Gasteiger partial charge on any atom is 0 e. The van der Waals surface area contributed by atoms with Crippen LogP contribution in [0.15, 0.2) is 0 Å². The Morgan fingerprint density at radius 3 is 1.67 bits per heavy atom. The van der Waals surface area contributed by atoms with Gasteiger partial charge in [-0.05, 0) is 5.92 Å². The maximum absolute atomic E-state index is 6.41. The number of rotatable bonds is 0. The quantitative estimate of drug-likeness (QED) is 0.448. The molecule has 0 aromatic rings. The molecule has 0 rings (SSSR count). The van der Waals surface area contributed by atoms with Gasteiger partial charge in [-0.1, -0.05) is 13.8 Å². The van der Waals surface area contributed by atoms with E-state index in [0.29, 0.717) is 5.92 Å². The van der Waals surface area contributed by atoms with E-state index in [0.717, 1.165) is 0 Å². The molecule has 0 N–H and O–H groups in total. The smallest absolute Gasteiger partial charge is 0 e. The van der Waals surface area contributed by atoms with Gasteiger partial charge in [0.05, 0.1) is 0 Å². The van der Waals surface area contributed by atoms with Crippen LogP contribution in [0.1, 0.15) is 13.8 Å². The minimum Gasteiger partial charge on any atom is -0.693 e. The number of hydrogen-bond acceptors (Lipinski definition) is 0. The molecule has 0 aliphatic rings. The molecule has 0 fully saturated rings. The molecule has 0 spiro atoms. The van der Waals surface area contributed by atoms with Crippen LogP contribution < -0.4 is 0 Å². The van der Waals surface area contributed by atoms with E-state index in [1.165, 1.54) is 0 Å². The van der Waals surface area contributed by atoms with Crippen molar-refractivity contribution in [2.75, 3.05) is 0 Å². The summed E-state index contributed by atoms with van der Waals surface area (Å²) in [6.07, 6.45) is 6.41. The first kappa shape index (κ1) is 9.54. The zero-order chi connectivity index (χ0) is 4.28. The van der Waals surface area contributed by atoms with Crippen LogP contribution in [0.3, 0.4) is 0 Å². The molecule has 34 valence electrons. The van der Waals surface area contributed by atoms with Crippen LogP contribution >= 0.6 is 0 Å². The molecule has 0 atom stereocenters. The van der Waals surface area contributed by atoms with Gasteiger partial charge in [-0.3, -0.25) is 0 Å². The molecule has 0 heterocycles. The van der Waals surface area contributed by atoms with Crippen LogP contribution in [-0.2, 0) is 21.1 Å². The van der Waals surface area contributed by atoms with E-state index >= 15 is 0 Å². The van der Waals surface area contributed by atoms with Gasteiger partial charge in [-0.15, -0.1) is 0 Å². The van der Waals surface area contributed by atoms with Gasteiger partial charge in [0.15, 0.2) is 0 Å². The molecule has 0 saturated carbocycles. The first-order chi connectivity index (χ1) is 2.27. The molecule has 0 nitrogen and oxygen atoms in total. The summed E-state index contributed by atoms with van der Waals surface area (Å²) in [6.45, 7) is 3.85. The predicted octanol–water partition coefficient (Wildman–Crippen LogP) is 1.23. The van der Waals surface area contributed by atoms with Gasteiger partial charge in [-0.2, -0.15) is 0 Å². The van der Waals surface area contributed by atoms with E-state index in [9.17, 15) is 0 Å². The molecular weight excluding hydrogens is 244 g/mol. The summed E-state index contributed by atoms with van der Waals surface area (Å²) >= 11 is 0. The second-order valence-corrected chi connectivity index (χ2v) is 1.30. The van der Waals surface area contributed by atoms with Crippen LogP contribution in [0.2, 0.25) is 0 Å². The minimum atomic E-state index is 0. The van der Waals surface area contributed by atoms with E-state index < -0.39 is 0 Å². The zero-order valence-electron chi connectivity index (χ0n) is 3.99. The van der Waals surface area contributed by atoms with Crippen LogP contribution in [0.4, 0.5) is 0 Å². The van der Waals surface area contributed by atoms with E-state index in [1.54, 1.807) is 0 Å². The topological polar surface area (TPSA) is 0 Å². The monoisotopic (exact) mass is 251 g/mol. The summed E-state index contributed by atoms with van der Waals surface area (Å²) < 4.78 is 0. The van der Waals surface area contributed by atoms with Crippen LogP contribution in [0.5, 0.6) is 0 Å². The Morgan fingerprint density at radius 1 is 1.50 bits per heavy atom. The summed E-state index contributed by atoms with van der Waals surface area (Å²) in [5, 5.41) is 0. The van der Waals surface area contributed by atoms with Crippen molar-refractivity contribution in [3.05, 3.63) is 6.42 Å². The number of hydrogen-bond donors (Lipinski definition) is 0. The Kier molecular flexibility index (Phi) is 8.34. The van der Waals surface area contributed by atoms with Gasteiger partial charge in [0.2, 0.25) is 0 Å². The molecule has 0 aliphatic carbocycles. The van der Waals surface area contributed by atoms with Crippen molar-refractivity contribution < 1.29 is 21.1 Å². The third kappa shape index (κ3) is 8.87. The predicted molar refractivity (Wildman–Crippen MR) is 22.0 cm³/mol. The maximum atomic E-state index is 6.41. The van der Waals surface area contributed by atoms with Crippen LogP contribution in [0.25, 0.3) is 0 Å². The van der Waals surface area contributed by atoms with Gasteiger partial charge in [-0.25, -0.2) is 0 Å². The molecule has 6 heavy (non-hydrogen) atoms. The van der Waals surface area contributed by atoms with Crippen molar-refractivity contribution in [3.63, 3.8) is 0 Å². The molecule has 0 saturated heterocycles. The van der Waals surface area contributed by atoms with E-state index in [2.05, 4.69) is 5.92 Å². The Morgan fingerprint density at radius 2 is 1.67 bits per heavy atom. The normalized spacial score (nSPS) is 6.33. The van der Waals surface area contributed by atoms with E-state index in [4.69, 9.17) is 6.42 Å². The van der Waals surface area contributed by atoms with Crippen LogP contribution in [0, 0.1) is 18.3 Å². The van der Waals surface area contributed by atoms with E-state index in [1.807, 2.05) is 13.8 Å². The summed E-state index contributed by atoms with van der Waals surface area (Å²) in [4.78, 5) is 0. The summed E-state index contributed by atoms with van der Waals surface area (Å²) in [5.74, 6) is 2.58. The van der Waals surface area contributed by atoms with Crippen molar-refractivity contribution in [1.29, 1.82) is 0 Å². The molecule has 0 aromatic carbocycles. The fourth-order valence-corrected chi connectivity index (χ4v) is 0.